The molecule has 1 aliphatic rings. The molecule has 1 amide bonds. The van der Waals surface area contributed by atoms with Gasteiger partial charge in [0.1, 0.15) is 17.0 Å². The van der Waals surface area contributed by atoms with Crippen LogP contribution < -0.4 is 21.7 Å². The van der Waals surface area contributed by atoms with Crippen LogP contribution >= 0.6 is 0 Å². The first kappa shape index (κ1) is 28.1. The van der Waals surface area contributed by atoms with Crippen LogP contribution in [0, 0.1) is 0 Å². The third kappa shape index (κ3) is 8.03. The molecule has 0 bridgehead atoms. The van der Waals surface area contributed by atoms with E-state index in [1.54, 1.807) is 48.7 Å². The van der Waals surface area contributed by atoms with Gasteiger partial charge in [-0.1, -0.05) is 45.0 Å². The van der Waals surface area contributed by atoms with Gasteiger partial charge in [0, 0.05) is 49.1 Å². The van der Waals surface area contributed by atoms with Gasteiger partial charge in [0.2, 0.25) is 5.91 Å². The van der Waals surface area contributed by atoms with Crippen molar-refractivity contribution in [2.75, 3.05) is 18.8 Å². The number of hydrogen-bond acceptors (Lipinski definition) is 5. The fraction of sp³-hybridized carbons (Fsp3) is 0.200. The predicted molar refractivity (Wildman–Crippen MR) is 149 cm³/mol. The first-order valence-electron chi connectivity index (χ1n) is 12.0. The van der Waals surface area contributed by atoms with E-state index in [4.69, 9.17) is 10.2 Å². The van der Waals surface area contributed by atoms with E-state index in [2.05, 4.69) is 43.2 Å². The Morgan fingerprint density at radius 3 is 2.45 bits per heavy atom. The van der Waals surface area contributed by atoms with Gasteiger partial charge >= 0.3 is 0 Å². The smallest absolute Gasteiger partial charge is 0.251 e. The Bertz CT molecular complexity index is 1400. The summed E-state index contributed by atoms with van der Waals surface area (Å²) in [6.07, 6.45) is 9.49. The predicted octanol–water partition coefficient (Wildman–Crippen LogP) is 4.25. The minimum absolute atomic E-state index is 0.178. The molecule has 2 aromatic heterocycles. The Morgan fingerprint density at radius 1 is 1.11 bits per heavy atom. The minimum atomic E-state index is -2.62. The molecule has 0 saturated carbocycles. The molecule has 1 fully saturated rings. The summed E-state index contributed by atoms with van der Waals surface area (Å²) >= 11 is 0. The Kier molecular flexibility index (Phi) is 9.02. The van der Waals surface area contributed by atoms with Gasteiger partial charge in [0.15, 0.2) is 0 Å². The number of carbonyl (C=O) groups excluding carboxylic acids is 1. The van der Waals surface area contributed by atoms with Gasteiger partial charge in [-0.25, -0.2) is 13.8 Å². The van der Waals surface area contributed by atoms with E-state index in [1.165, 1.54) is 6.08 Å². The molecule has 0 spiro atoms. The Labute approximate surface area is 221 Å². The Hall–Kier alpha value is -4.46. The molecule has 38 heavy (non-hydrogen) atoms. The van der Waals surface area contributed by atoms with Crippen molar-refractivity contribution in [2.45, 2.75) is 25.3 Å². The number of furan rings is 1. The van der Waals surface area contributed by atoms with Crippen molar-refractivity contribution in [1.29, 1.82) is 0 Å². The van der Waals surface area contributed by atoms with Gasteiger partial charge in [0.25, 0.3) is 5.92 Å². The first-order chi connectivity index (χ1) is 17.9. The van der Waals surface area contributed by atoms with Crippen molar-refractivity contribution in [3.05, 3.63) is 113 Å². The molecule has 2 aromatic rings. The van der Waals surface area contributed by atoms with E-state index >= 15 is 0 Å². The van der Waals surface area contributed by atoms with Gasteiger partial charge < -0.3 is 20.4 Å². The number of nitrogen functional groups attached to an aromatic ring is 1. The summed E-state index contributed by atoms with van der Waals surface area (Å²) < 4.78 is 32.5. The van der Waals surface area contributed by atoms with Gasteiger partial charge in [0.05, 0.1) is 6.54 Å². The standard InChI is InChI=1S/C30H32F2N4O2/c1-20(6-7-21(2)23(4)36-14-12-30(31,32)13-15-36)22(3)16-26-17-27(38-24(26)5)19-35-29(37)11-9-25-8-10-28(33)34-18-25/h6-11,16-18H,1-5,12-15,19H2,(H2,33,34)(H,35,37)/b7-6-,11-9+,26-16-. The van der Waals surface area contributed by atoms with Crippen molar-refractivity contribution in [3.8, 4) is 0 Å². The number of hydrogen-bond donors (Lipinski definition) is 2. The van der Waals surface area contributed by atoms with E-state index < -0.39 is 5.92 Å². The van der Waals surface area contributed by atoms with Gasteiger partial charge in [-0.3, -0.25) is 4.79 Å². The molecule has 3 rings (SSSR count). The number of aromatic nitrogens is 1. The zero-order chi connectivity index (χ0) is 27.9. The maximum atomic E-state index is 13.4. The van der Waals surface area contributed by atoms with E-state index in [1.807, 2.05) is 4.90 Å². The quantitative estimate of drug-likeness (QED) is 0.363. The van der Waals surface area contributed by atoms with Crippen molar-refractivity contribution < 1.29 is 18.0 Å². The molecule has 0 atom stereocenters. The molecule has 3 N–H and O–H groups in total. The number of alkyl halides is 2. The van der Waals surface area contributed by atoms with Crippen molar-refractivity contribution >= 4 is 30.5 Å². The van der Waals surface area contributed by atoms with Crippen molar-refractivity contribution in [3.63, 3.8) is 0 Å². The monoisotopic (exact) mass is 518 g/mol. The minimum Gasteiger partial charge on any atom is -0.460 e. The number of anilines is 1. The van der Waals surface area contributed by atoms with Crippen LogP contribution in [0.15, 0.2) is 95.8 Å². The number of nitrogens with zero attached hydrogens (tertiary/aromatic N) is 2. The second-order valence-electron chi connectivity index (χ2n) is 9.00. The van der Waals surface area contributed by atoms with Crippen LogP contribution in [0.1, 0.15) is 24.2 Å². The van der Waals surface area contributed by atoms with E-state index in [0.717, 1.165) is 5.56 Å². The summed E-state index contributed by atoms with van der Waals surface area (Å²) in [6.45, 7) is 20.6. The summed E-state index contributed by atoms with van der Waals surface area (Å²) in [5, 5.41) is 3.45. The number of nitrogens with one attached hydrogen (secondary N) is 1. The fourth-order valence-corrected chi connectivity index (χ4v) is 3.62. The van der Waals surface area contributed by atoms with Gasteiger partial charge in [-0.05, 0) is 52.6 Å². The number of amides is 1. The second kappa shape index (κ2) is 12.2. The molecule has 1 saturated heterocycles. The lowest BCUT2D eigenvalue weighted by atomic mass is 10.0. The topological polar surface area (TPSA) is 84.4 Å². The second-order valence-corrected chi connectivity index (χ2v) is 9.00. The molecule has 1 aliphatic heterocycles. The molecule has 3 heterocycles. The summed E-state index contributed by atoms with van der Waals surface area (Å²) in [4.78, 5) is 17.9. The zero-order valence-corrected chi connectivity index (χ0v) is 21.3. The molecule has 0 radical (unpaired) electrons. The van der Waals surface area contributed by atoms with E-state index in [9.17, 15) is 13.6 Å². The average Bonchev–Trinajstić information content (AvgIpc) is 3.23. The number of pyridine rings is 1. The van der Waals surface area contributed by atoms with E-state index in [0.29, 0.717) is 44.6 Å². The summed E-state index contributed by atoms with van der Waals surface area (Å²) in [6, 6.07) is 5.18. The number of halogens is 2. The maximum Gasteiger partial charge on any atom is 0.251 e. The fourth-order valence-electron chi connectivity index (χ4n) is 3.62. The molecule has 6 nitrogen and oxygen atoms in total. The average molecular weight is 519 g/mol. The molecule has 0 unspecified atom stereocenters. The van der Waals surface area contributed by atoms with Crippen LogP contribution in [-0.4, -0.2) is 34.8 Å². The normalized spacial score (nSPS) is 15.6. The largest absolute Gasteiger partial charge is 0.460 e. The van der Waals surface area contributed by atoms with Crippen molar-refractivity contribution in [2.24, 2.45) is 0 Å². The molecule has 198 valence electrons. The number of likely N-dealkylation sites (tertiary alicyclic amines) is 1. The number of nitrogens with two attached hydrogens (primary N) is 1. The lowest BCUT2D eigenvalue weighted by molar-refractivity contribution is -0.116. The Morgan fingerprint density at radius 2 is 1.79 bits per heavy atom. The summed E-state index contributed by atoms with van der Waals surface area (Å²) in [7, 11) is 0. The Balaban J connectivity index is 1.54. The van der Waals surface area contributed by atoms with Gasteiger partial charge in [-0.2, -0.15) is 0 Å². The van der Waals surface area contributed by atoms with E-state index in [-0.39, 0.29) is 38.4 Å². The molecular formula is C30H32F2N4O2. The van der Waals surface area contributed by atoms with Crippen LogP contribution in [0.5, 0.6) is 0 Å². The lowest BCUT2D eigenvalue weighted by Crippen LogP contribution is -2.38. The highest BCUT2D eigenvalue weighted by atomic mass is 19.3. The van der Waals surface area contributed by atoms with Gasteiger partial charge in [-0.15, -0.1) is 0 Å². The van der Waals surface area contributed by atoms with Crippen LogP contribution in [0.4, 0.5) is 14.6 Å². The highest BCUT2D eigenvalue weighted by molar-refractivity contribution is 5.91. The maximum absolute atomic E-state index is 13.4. The summed E-state index contributed by atoms with van der Waals surface area (Å²) in [5.41, 5.74) is 9.21. The molecular weight excluding hydrogens is 486 g/mol. The number of piperidine rings is 1. The number of allylic oxidation sites excluding steroid dienone is 4. The molecule has 0 aromatic carbocycles. The third-order valence-electron chi connectivity index (χ3n) is 6.04. The van der Waals surface area contributed by atoms with Crippen LogP contribution in [-0.2, 0) is 11.3 Å². The highest BCUT2D eigenvalue weighted by Gasteiger charge is 2.34. The molecule has 8 heteroatoms. The summed E-state index contributed by atoms with van der Waals surface area (Å²) in [5.74, 6) is -1.97. The number of rotatable bonds is 10. The lowest BCUT2D eigenvalue weighted by Gasteiger charge is -2.34. The van der Waals surface area contributed by atoms with Crippen LogP contribution in [0.3, 0.4) is 0 Å². The zero-order valence-electron chi connectivity index (χ0n) is 21.3. The first-order valence-corrected chi connectivity index (χ1v) is 12.0. The van der Waals surface area contributed by atoms with Crippen LogP contribution in [0.2, 0.25) is 0 Å². The molecule has 0 aliphatic carbocycles. The number of carbonyl (C=O) groups is 1. The van der Waals surface area contributed by atoms with Crippen molar-refractivity contribution in [1.82, 2.24) is 15.2 Å². The highest BCUT2D eigenvalue weighted by Crippen LogP contribution is 2.30. The SMILES string of the molecule is C=C(/C=C\C(=C)C(=C)N1CCC(F)(F)CC1)C(=C)/C=c1/cc(CNC(=O)/C=C/c2ccc(N)nc2)oc1=C. The van der Waals surface area contributed by atoms with Crippen LogP contribution in [0.25, 0.3) is 18.7 Å². The third-order valence-corrected chi connectivity index (χ3v) is 6.04.